The van der Waals surface area contributed by atoms with Crippen molar-refractivity contribution in [3.8, 4) is 11.5 Å². The van der Waals surface area contributed by atoms with Gasteiger partial charge in [-0.1, -0.05) is 24.3 Å². The summed E-state index contributed by atoms with van der Waals surface area (Å²) in [5.41, 5.74) is 2.67. The first kappa shape index (κ1) is 14.4. The van der Waals surface area contributed by atoms with E-state index in [1.807, 2.05) is 24.3 Å². The van der Waals surface area contributed by atoms with Gasteiger partial charge in [0.1, 0.15) is 11.5 Å². The Morgan fingerprint density at radius 3 is 1.75 bits per heavy atom. The maximum absolute atomic E-state index is 9.72. The summed E-state index contributed by atoms with van der Waals surface area (Å²) in [4.78, 5) is 0. The van der Waals surface area contributed by atoms with Crippen LogP contribution in [-0.2, 0) is 5.41 Å². The van der Waals surface area contributed by atoms with E-state index >= 15 is 0 Å². The molecule has 0 aliphatic heterocycles. The van der Waals surface area contributed by atoms with Crippen molar-refractivity contribution in [2.45, 2.75) is 37.5 Å². The van der Waals surface area contributed by atoms with Crippen molar-refractivity contribution < 1.29 is 10.2 Å². The molecule has 4 atom stereocenters. The van der Waals surface area contributed by atoms with E-state index in [-0.39, 0.29) is 5.41 Å². The molecule has 3 aliphatic rings. The third-order valence-corrected chi connectivity index (χ3v) is 7.21. The van der Waals surface area contributed by atoms with Crippen LogP contribution in [0, 0.1) is 23.7 Å². The molecular formula is C22H24O2. The predicted octanol–water partition coefficient (Wildman–Crippen LogP) is 4.84. The standard InChI is InChI=1S/C22H24O2/c23-19-7-3-17(4-8-19)22(18-5-9-20(24)10-6-18)12-15-2-1-14-11-16(13-22)21(14)15/h3-10,14-16,21,23-24H,1-2,11-13H2. The van der Waals surface area contributed by atoms with Crippen molar-refractivity contribution in [2.75, 3.05) is 0 Å². The van der Waals surface area contributed by atoms with E-state index in [0.29, 0.717) is 11.5 Å². The summed E-state index contributed by atoms with van der Waals surface area (Å²) >= 11 is 0. The Hall–Kier alpha value is -1.96. The lowest BCUT2D eigenvalue weighted by Crippen LogP contribution is -2.48. The molecule has 0 bridgehead atoms. The Morgan fingerprint density at radius 1 is 0.667 bits per heavy atom. The van der Waals surface area contributed by atoms with Crippen LogP contribution in [0.5, 0.6) is 11.5 Å². The van der Waals surface area contributed by atoms with E-state index in [4.69, 9.17) is 0 Å². The summed E-state index contributed by atoms with van der Waals surface area (Å²) in [6.07, 6.45) is 6.62. The van der Waals surface area contributed by atoms with Gasteiger partial charge in [0.05, 0.1) is 0 Å². The molecule has 0 spiro atoms. The largest absolute Gasteiger partial charge is 0.508 e. The zero-order valence-corrected chi connectivity index (χ0v) is 13.9. The van der Waals surface area contributed by atoms with Crippen LogP contribution in [0.1, 0.15) is 43.2 Å². The summed E-state index contributed by atoms with van der Waals surface area (Å²) in [6, 6.07) is 15.7. The lowest BCUT2D eigenvalue weighted by molar-refractivity contribution is -0.000973. The molecule has 4 unspecified atom stereocenters. The maximum Gasteiger partial charge on any atom is 0.115 e. The van der Waals surface area contributed by atoms with Crippen LogP contribution in [0.15, 0.2) is 48.5 Å². The molecule has 2 aromatic rings. The third-order valence-electron chi connectivity index (χ3n) is 7.21. The smallest absolute Gasteiger partial charge is 0.115 e. The zero-order chi connectivity index (χ0) is 16.3. The van der Waals surface area contributed by atoms with E-state index < -0.39 is 0 Å². The molecule has 2 heteroatoms. The first-order chi connectivity index (χ1) is 11.7. The minimum absolute atomic E-state index is 0.0303. The first-order valence-electron chi connectivity index (χ1n) is 9.25. The van der Waals surface area contributed by atoms with Crippen LogP contribution in [0.4, 0.5) is 0 Å². The second-order valence-corrected chi connectivity index (χ2v) is 8.25. The van der Waals surface area contributed by atoms with E-state index in [2.05, 4.69) is 24.3 Å². The Balaban J connectivity index is 1.63. The number of phenolic OH excluding ortho intramolecular Hbond substituents is 2. The average Bonchev–Trinajstić information content (AvgIpc) is 2.93. The maximum atomic E-state index is 9.72. The highest BCUT2D eigenvalue weighted by molar-refractivity contribution is 5.44. The number of rotatable bonds is 2. The van der Waals surface area contributed by atoms with Crippen molar-refractivity contribution in [3.05, 3.63) is 59.7 Å². The number of benzene rings is 2. The molecule has 2 N–H and O–H groups in total. The molecule has 124 valence electrons. The molecule has 2 nitrogen and oxygen atoms in total. The van der Waals surface area contributed by atoms with Gasteiger partial charge in [0.2, 0.25) is 0 Å². The molecule has 5 rings (SSSR count). The average molecular weight is 320 g/mol. The predicted molar refractivity (Wildman–Crippen MR) is 94.0 cm³/mol. The Morgan fingerprint density at radius 2 is 1.17 bits per heavy atom. The van der Waals surface area contributed by atoms with Gasteiger partial charge in [-0.25, -0.2) is 0 Å². The molecule has 3 saturated carbocycles. The summed E-state index contributed by atoms with van der Waals surface area (Å²) in [7, 11) is 0. The van der Waals surface area contributed by atoms with Crippen LogP contribution in [0.25, 0.3) is 0 Å². The Bertz CT molecular complexity index is 701. The minimum Gasteiger partial charge on any atom is -0.508 e. The summed E-state index contributed by atoms with van der Waals surface area (Å²) < 4.78 is 0. The first-order valence-corrected chi connectivity index (χ1v) is 9.25. The monoisotopic (exact) mass is 320 g/mol. The second-order valence-electron chi connectivity index (χ2n) is 8.25. The number of hydrogen-bond donors (Lipinski definition) is 2. The summed E-state index contributed by atoms with van der Waals surface area (Å²) in [6.45, 7) is 0. The van der Waals surface area contributed by atoms with Crippen molar-refractivity contribution in [3.63, 3.8) is 0 Å². The van der Waals surface area contributed by atoms with Gasteiger partial charge in [-0.2, -0.15) is 0 Å². The molecule has 3 fully saturated rings. The van der Waals surface area contributed by atoms with Crippen molar-refractivity contribution in [2.24, 2.45) is 23.7 Å². The molecule has 24 heavy (non-hydrogen) atoms. The fraction of sp³-hybridized carbons (Fsp3) is 0.455. The van der Waals surface area contributed by atoms with Crippen LogP contribution in [0.2, 0.25) is 0 Å². The van der Waals surface area contributed by atoms with E-state index in [9.17, 15) is 10.2 Å². The fourth-order valence-electron chi connectivity index (χ4n) is 6.23. The lowest BCUT2D eigenvalue weighted by atomic mass is 9.49. The quantitative estimate of drug-likeness (QED) is 0.831. The highest BCUT2D eigenvalue weighted by atomic mass is 16.3. The SMILES string of the molecule is Oc1ccc(C2(c3ccc(O)cc3)CC3CCC4CC(C2)C43)cc1. The van der Waals surface area contributed by atoms with Gasteiger partial charge < -0.3 is 10.2 Å². The Labute approximate surface area is 143 Å². The number of phenols is 2. The van der Waals surface area contributed by atoms with E-state index in [1.54, 1.807) is 0 Å². The summed E-state index contributed by atoms with van der Waals surface area (Å²) in [5, 5.41) is 19.4. The summed E-state index contributed by atoms with van der Waals surface area (Å²) in [5.74, 6) is 4.31. The fourth-order valence-corrected chi connectivity index (χ4v) is 6.23. The van der Waals surface area contributed by atoms with Crippen molar-refractivity contribution in [1.29, 1.82) is 0 Å². The van der Waals surface area contributed by atoms with Gasteiger partial charge in [-0.15, -0.1) is 0 Å². The molecule has 2 aromatic carbocycles. The van der Waals surface area contributed by atoms with Crippen LogP contribution < -0.4 is 0 Å². The van der Waals surface area contributed by atoms with Crippen LogP contribution in [0.3, 0.4) is 0 Å². The van der Waals surface area contributed by atoms with Crippen LogP contribution >= 0.6 is 0 Å². The topological polar surface area (TPSA) is 40.5 Å². The number of hydrogen-bond acceptors (Lipinski definition) is 2. The Kier molecular flexibility index (Phi) is 3.01. The molecule has 0 amide bonds. The van der Waals surface area contributed by atoms with Crippen LogP contribution in [-0.4, -0.2) is 10.2 Å². The molecule has 0 aromatic heterocycles. The third kappa shape index (κ3) is 1.95. The molecule has 3 aliphatic carbocycles. The molecule has 0 radical (unpaired) electrons. The van der Waals surface area contributed by atoms with Crippen molar-refractivity contribution in [1.82, 2.24) is 0 Å². The van der Waals surface area contributed by atoms with Gasteiger partial charge in [-0.05, 0) is 91.2 Å². The van der Waals surface area contributed by atoms with Gasteiger partial charge in [0.15, 0.2) is 0 Å². The van der Waals surface area contributed by atoms with Gasteiger partial charge >= 0.3 is 0 Å². The highest BCUT2D eigenvalue weighted by Crippen LogP contribution is 2.65. The van der Waals surface area contributed by atoms with Gasteiger partial charge in [0.25, 0.3) is 0 Å². The van der Waals surface area contributed by atoms with E-state index in [1.165, 1.54) is 43.2 Å². The zero-order valence-electron chi connectivity index (χ0n) is 13.9. The second kappa shape index (κ2) is 5.02. The molecular weight excluding hydrogens is 296 g/mol. The van der Waals surface area contributed by atoms with Gasteiger partial charge in [0, 0.05) is 5.41 Å². The molecule has 0 heterocycles. The van der Waals surface area contributed by atoms with Gasteiger partial charge in [-0.3, -0.25) is 0 Å². The molecule has 0 saturated heterocycles. The lowest BCUT2D eigenvalue weighted by Gasteiger charge is -2.55. The number of aromatic hydroxyl groups is 2. The van der Waals surface area contributed by atoms with Crippen molar-refractivity contribution >= 4 is 0 Å². The minimum atomic E-state index is 0.0303. The normalized spacial score (nSPS) is 32.8. The van der Waals surface area contributed by atoms with E-state index in [0.717, 1.165) is 23.7 Å². The highest BCUT2D eigenvalue weighted by Gasteiger charge is 2.57.